The molecule has 0 saturated heterocycles. The van der Waals surface area contributed by atoms with Crippen LogP contribution in [0.1, 0.15) is 11.1 Å². The number of carbonyl (C=O) groups excluding carboxylic acids is 1. The quantitative estimate of drug-likeness (QED) is 0.922. The predicted molar refractivity (Wildman–Crippen MR) is 88.6 cm³/mol. The number of amides is 1. The highest BCUT2D eigenvalue weighted by Crippen LogP contribution is 2.22. The Morgan fingerprint density at radius 3 is 2.41 bits per heavy atom. The number of para-hydroxylation sites is 1. The van der Waals surface area contributed by atoms with Crippen molar-refractivity contribution in [1.29, 1.82) is 0 Å². The van der Waals surface area contributed by atoms with Gasteiger partial charge in [0.2, 0.25) is 0 Å². The molecule has 0 atom stereocenters. The molecule has 0 spiro atoms. The van der Waals surface area contributed by atoms with Gasteiger partial charge in [-0.05, 0) is 37.1 Å². The van der Waals surface area contributed by atoms with Gasteiger partial charge in [0.15, 0.2) is 6.61 Å². The average molecular weight is 299 g/mol. The van der Waals surface area contributed by atoms with Crippen molar-refractivity contribution in [3.63, 3.8) is 0 Å². The lowest BCUT2D eigenvalue weighted by Gasteiger charge is -2.13. The van der Waals surface area contributed by atoms with E-state index in [1.165, 1.54) is 0 Å². The van der Waals surface area contributed by atoms with Gasteiger partial charge in [-0.3, -0.25) is 4.79 Å². The summed E-state index contributed by atoms with van der Waals surface area (Å²) >= 11 is 0. The third kappa shape index (κ3) is 3.97. The zero-order valence-corrected chi connectivity index (χ0v) is 13.4. The minimum atomic E-state index is -0.206. The molecule has 0 fully saturated rings. The van der Waals surface area contributed by atoms with Gasteiger partial charge in [0.25, 0.3) is 5.91 Å². The SMILES string of the molecule is Cc1cccc(C)c1OCC(=O)Nc1ccc(N(C)C)nc1. The van der Waals surface area contributed by atoms with E-state index in [2.05, 4.69) is 10.3 Å². The number of nitrogens with one attached hydrogen (secondary N) is 1. The van der Waals surface area contributed by atoms with E-state index in [4.69, 9.17) is 4.74 Å². The van der Waals surface area contributed by atoms with E-state index in [-0.39, 0.29) is 12.5 Å². The Morgan fingerprint density at radius 1 is 1.18 bits per heavy atom. The fraction of sp³-hybridized carbons (Fsp3) is 0.294. The van der Waals surface area contributed by atoms with E-state index in [9.17, 15) is 4.79 Å². The van der Waals surface area contributed by atoms with Crippen LogP contribution in [0.25, 0.3) is 0 Å². The Morgan fingerprint density at radius 2 is 1.86 bits per heavy atom. The highest BCUT2D eigenvalue weighted by molar-refractivity contribution is 5.91. The van der Waals surface area contributed by atoms with Crippen LogP contribution in [0.5, 0.6) is 5.75 Å². The monoisotopic (exact) mass is 299 g/mol. The minimum Gasteiger partial charge on any atom is -0.483 e. The maximum atomic E-state index is 12.0. The number of carbonyl (C=O) groups is 1. The number of anilines is 2. The molecule has 0 aliphatic heterocycles. The summed E-state index contributed by atoms with van der Waals surface area (Å²) in [6.45, 7) is 3.90. The van der Waals surface area contributed by atoms with E-state index in [1.54, 1.807) is 6.20 Å². The second kappa shape index (κ2) is 6.93. The fourth-order valence-electron chi connectivity index (χ4n) is 2.09. The van der Waals surface area contributed by atoms with Crippen LogP contribution in [0.15, 0.2) is 36.5 Å². The summed E-state index contributed by atoms with van der Waals surface area (Å²) in [5.74, 6) is 1.39. The Hall–Kier alpha value is -2.56. The number of hydrogen-bond acceptors (Lipinski definition) is 4. The fourth-order valence-corrected chi connectivity index (χ4v) is 2.09. The summed E-state index contributed by atoms with van der Waals surface area (Å²) < 4.78 is 5.62. The van der Waals surface area contributed by atoms with Gasteiger partial charge in [0.05, 0.1) is 11.9 Å². The summed E-state index contributed by atoms with van der Waals surface area (Å²) in [6, 6.07) is 9.56. The van der Waals surface area contributed by atoms with Gasteiger partial charge < -0.3 is 15.0 Å². The van der Waals surface area contributed by atoms with Gasteiger partial charge >= 0.3 is 0 Å². The first-order chi connectivity index (χ1) is 10.5. The van der Waals surface area contributed by atoms with Crippen molar-refractivity contribution >= 4 is 17.4 Å². The smallest absolute Gasteiger partial charge is 0.262 e. The first-order valence-corrected chi connectivity index (χ1v) is 7.09. The molecule has 2 aromatic rings. The highest BCUT2D eigenvalue weighted by atomic mass is 16.5. The van der Waals surface area contributed by atoms with E-state index >= 15 is 0 Å². The van der Waals surface area contributed by atoms with Crippen LogP contribution in [0, 0.1) is 13.8 Å². The zero-order valence-electron chi connectivity index (χ0n) is 13.4. The van der Waals surface area contributed by atoms with Crippen molar-refractivity contribution in [2.75, 3.05) is 30.9 Å². The molecule has 0 aliphatic carbocycles. The second-order valence-electron chi connectivity index (χ2n) is 5.36. The van der Waals surface area contributed by atoms with Gasteiger partial charge in [-0.1, -0.05) is 18.2 Å². The molecule has 0 bridgehead atoms. The van der Waals surface area contributed by atoms with Crippen LogP contribution in [0.3, 0.4) is 0 Å². The molecule has 0 saturated carbocycles. The lowest BCUT2D eigenvalue weighted by atomic mass is 10.1. The van der Waals surface area contributed by atoms with Crippen LogP contribution in [0.2, 0.25) is 0 Å². The van der Waals surface area contributed by atoms with Crippen molar-refractivity contribution < 1.29 is 9.53 Å². The largest absolute Gasteiger partial charge is 0.483 e. The Balaban J connectivity index is 1.93. The number of nitrogens with zero attached hydrogens (tertiary/aromatic N) is 2. The molecule has 0 unspecified atom stereocenters. The molecule has 1 aromatic carbocycles. The predicted octanol–water partition coefficient (Wildman–Crippen LogP) is 2.78. The lowest BCUT2D eigenvalue weighted by molar-refractivity contribution is -0.118. The third-order valence-electron chi connectivity index (χ3n) is 3.25. The van der Waals surface area contributed by atoms with Crippen LogP contribution < -0.4 is 15.0 Å². The van der Waals surface area contributed by atoms with Crippen LogP contribution >= 0.6 is 0 Å². The van der Waals surface area contributed by atoms with E-state index in [1.807, 2.05) is 63.2 Å². The van der Waals surface area contributed by atoms with Gasteiger partial charge in [-0.15, -0.1) is 0 Å². The van der Waals surface area contributed by atoms with Crippen molar-refractivity contribution in [3.05, 3.63) is 47.7 Å². The summed E-state index contributed by atoms with van der Waals surface area (Å²) in [6.07, 6.45) is 1.63. The van der Waals surface area contributed by atoms with Crippen LogP contribution in [-0.2, 0) is 4.79 Å². The van der Waals surface area contributed by atoms with Crippen LogP contribution in [0.4, 0.5) is 11.5 Å². The molecule has 0 radical (unpaired) electrons. The molecule has 22 heavy (non-hydrogen) atoms. The Labute approximate surface area is 130 Å². The van der Waals surface area contributed by atoms with Gasteiger partial charge in [0, 0.05) is 14.1 Å². The topological polar surface area (TPSA) is 54.5 Å². The summed E-state index contributed by atoms with van der Waals surface area (Å²) in [7, 11) is 3.83. The molecule has 2 rings (SSSR count). The summed E-state index contributed by atoms with van der Waals surface area (Å²) in [5, 5.41) is 2.77. The van der Waals surface area contributed by atoms with E-state index in [0.29, 0.717) is 5.69 Å². The second-order valence-corrected chi connectivity index (χ2v) is 5.36. The number of ether oxygens (including phenoxy) is 1. The molecule has 1 heterocycles. The molecule has 116 valence electrons. The zero-order chi connectivity index (χ0) is 16.1. The number of rotatable bonds is 5. The normalized spacial score (nSPS) is 10.2. The molecular formula is C17H21N3O2. The van der Waals surface area contributed by atoms with Gasteiger partial charge in [-0.25, -0.2) is 4.98 Å². The summed E-state index contributed by atoms with van der Waals surface area (Å²) in [4.78, 5) is 18.1. The first-order valence-electron chi connectivity index (χ1n) is 7.09. The molecule has 1 aromatic heterocycles. The minimum absolute atomic E-state index is 0.0267. The van der Waals surface area contributed by atoms with Gasteiger partial charge in [-0.2, -0.15) is 0 Å². The van der Waals surface area contributed by atoms with Crippen molar-refractivity contribution in [2.24, 2.45) is 0 Å². The van der Waals surface area contributed by atoms with Crippen molar-refractivity contribution in [2.45, 2.75) is 13.8 Å². The molecule has 1 amide bonds. The standard InChI is InChI=1S/C17H21N3O2/c1-12-6-5-7-13(2)17(12)22-11-16(21)19-14-8-9-15(18-10-14)20(3)4/h5-10H,11H2,1-4H3,(H,19,21). The molecule has 5 heteroatoms. The number of hydrogen-bond donors (Lipinski definition) is 1. The number of benzene rings is 1. The van der Waals surface area contributed by atoms with Gasteiger partial charge in [0.1, 0.15) is 11.6 Å². The number of aryl methyl sites for hydroxylation is 2. The lowest BCUT2D eigenvalue weighted by Crippen LogP contribution is -2.21. The van der Waals surface area contributed by atoms with E-state index in [0.717, 1.165) is 22.7 Å². The average Bonchev–Trinajstić information content (AvgIpc) is 2.47. The maximum absolute atomic E-state index is 12.0. The molecule has 5 nitrogen and oxygen atoms in total. The van der Waals surface area contributed by atoms with Crippen molar-refractivity contribution in [3.8, 4) is 5.75 Å². The highest BCUT2D eigenvalue weighted by Gasteiger charge is 2.08. The molecule has 1 N–H and O–H groups in total. The Bertz CT molecular complexity index is 631. The van der Waals surface area contributed by atoms with Crippen molar-refractivity contribution in [1.82, 2.24) is 4.98 Å². The first kappa shape index (κ1) is 15.8. The Kier molecular flexibility index (Phi) is 4.99. The van der Waals surface area contributed by atoms with E-state index < -0.39 is 0 Å². The maximum Gasteiger partial charge on any atom is 0.262 e. The number of pyridine rings is 1. The third-order valence-corrected chi connectivity index (χ3v) is 3.25. The summed E-state index contributed by atoms with van der Waals surface area (Å²) in [5.41, 5.74) is 2.69. The molecule has 0 aliphatic rings. The number of aromatic nitrogens is 1. The van der Waals surface area contributed by atoms with Crippen LogP contribution in [-0.4, -0.2) is 31.6 Å². The molecular weight excluding hydrogens is 278 g/mol.